The Morgan fingerprint density at radius 1 is 1.25 bits per heavy atom. The molecule has 0 amide bonds. The number of rotatable bonds is 4. The first-order chi connectivity index (χ1) is 9.47. The number of benzene rings is 2. The van der Waals surface area contributed by atoms with Crippen LogP contribution < -0.4 is 5.32 Å². The van der Waals surface area contributed by atoms with Crippen LogP contribution >= 0.6 is 27.5 Å². The molecule has 2 rings (SSSR count). The van der Waals surface area contributed by atoms with Crippen LogP contribution in [0.15, 0.2) is 46.9 Å². The molecule has 1 atom stereocenters. The maximum absolute atomic E-state index is 10.8. The normalized spacial score (nSPS) is 11.9. The zero-order valence-corrected chi connectivity index (χ0v) is 13.0. The van der Waals surface area contributed by atoms with Crippen LogP contribution in [-0.2, 0) is 0 Å². The van der Waals surface area contributed by atoms with E-state index in [1.807, 2.05) is 31.2 Å². The molecule has 0 spiro atoms. The highest BCUT2D eigenvalue weighted by Crippen LogP contribution is 2.29. The summed E-state index contributed by atoms with van der Waals surface area (Å²) < 4.78 is 0.454. The maximum atomic E-state index is 10.8. The van der Waals surface area contributed by atoms with Crippen LogP contribution in [0, 0.1) is 10.1 Å². The van der Waals surface area contributed by atoms with Crippen molar-refractivity contribution in [2.45, 2.75) is 13.0 Å². The summed E-state index contributed by atoms with van der Waals surface area (Å²) >= 11 is 9.06. The average Bonchev–Trinajstić information content (AvgIpc) is 2.39. The summed E-state index contributed by atoms with van der Waals surface area (Å²) in [5.74, 6) is 0. The van der Waals surface area contributed by atoms with Crippen LogP contribution in [0.25, 0.3) is 0 Å². The maximum Gasteiger partial charge on any atom is 0.283 e. The van der Waals surface area contributed by atoms with E-state index in [4.69, 9.17) is 11.6 Å². The van der Waals surface area contributed by atoms with Crippen LogP contribution in [0.2, 0.25) is 5.02 Å². The van der Waals surface area contributed by atoms with E-state index in [0.29, 0.717) is 9.50 Å². The first-order valence-electron chi connectivity index (χ1n) is 5.93. The summed E-state index contributed by atoms with van der Waals surface area (Å²) in [6.45, 7) is 2.01. The lowest BCUT2D eigenvalue weighted by atomic mass is 10.1. The van der Waals surface area contributed by atoms with Crippen LogP contribution in [0.4, 0.5) is 11.4 Å². The minimum Gasteiger partial charge on any atom is -0.378 e. The van der Waals surface area contributed by atoms with E-state index in [2.05, 4.69) is 21.2 Å². The quantitative estimate of drug-likeness (QED) is 0.607. The number of hydrogen-bond donors (Lipinski definition) is 1. The molecule has 0 aliphatic rings. The molecule has 1 N–H and O–H groups in total. The molecule has 0 fully saturated rings. The van der Waals surface area contributed by atoms with Crippen molar-refractivity contribution >= 4 is 38.9 Å². The molecule has 0 aromatic heterocycles. The van der Waals surface area contributed by atoms with Crippen molar-refractivity contribution in [3.63, 3.8) is 0 Å². The van der Waals surface area contributed by atoms with E-state index in [9.17, 15) is 10.1 Å². The first-order valence-corrected chi connectivity index (χ1v) is 7.10. The minimum atomic E-state index is -0.420. The fourth-order valence-corrected chi connectivity index (χ4v) is 2.48. The molecule has 0 bridgehead atoms. The number of halogens is 2. The van der Waals surface area contributed by atoms with Crippen molar-refractivity contribution in [3.8, 4) is 0 Å². The van der Waals surface area contributed by atoms with Gasteiger partial charge in [-0.2, -0.15) is 0 Å². The van der Waals surface area contributed by atoms with E-state index < -0.39 is 4.92 Å². The van der Waals surface area contributed by atoms with Crippen molar-refractivity contribution in [2.75, 3.05) is 5.32 Å². The third-order valence-electron chi connectivity index (χ3n) is 2.90. The van der Waals surface area contributed by atoms with Gasteiger partial charge in [-0.15, -0.1) is 0 Å². The van der Waals surface area contributed by atoms with Crippen molar-refractivity contribution in [1.82, 2.24) is 0 Å². The molecule has 0 aliphatic heterocycles. The molecule has 0 aliphatic carbocycles. The number of hydrogen-bond acceptors (Lipinski definition) is 3. The number of nitrogens with one attached hydrogen (secondary N) is 1. The summed E-state index contributed by atoms with van der Waals surface area (Å²) in [5.41, 5.74) is 1.95. The lowest BCUT2D eigenvalue weighted by Crippen LogP contribution is -2.06. The highest BCUT2D eigenvalue weighted by molar-refractivity contribution is 9.10. The average molecular weight is 356 g/mol. The minimum absolute atomic E-state index is 0.0506. The van der Waals surface area contributed by atoms with Gasteiger partial charge in [-0.1, -0.05) is 23.7 Å². The van der Waals surface area contributed by atoms with Gasteiger partial charge in [-0.3, -0.25) is 10.1 Å². The lowest BCUT2D eigenvalue weighted by molar-refractivity contribution is -0.385. The predicted molar refractivity (Wildman–Crippen MR) is 84.3 cm³/mol. The molecule has 0 saturated heterocycles. The van der Waals surface area contributed by atoms with Gasteiger partial charge < -0.3 is 5.32 Å². The van der Waals surface area contributed by atoms with Crippen LogP contribution in [-0.4, -0.2) is 4.92 Å². The van der Waals surface area contributed by atoms with E-state index in [1.165, 1.54) is 6.07 Å². The fraction of sp³-hybridized carbons (Fsp3) is 0.143. The second-order valence-corrected chi connectivity index (χ2v) is 5.63. The summed E-state index contributed by atoms with van der Waals surface area (Å²) in [6.07, 6.45) is 0. The third-order valence-corrected chi connectivity index (χ3v) is 3.78. The first kappa shape index (κ1) is 14.8. The fourth-order valence-electron chi connectivity index (χ4n) is 1.83. The van der Waals surface area contributed by atoms with Crippen molar-refractivity contribution in [1.29, 1.82) is 0 Å². The van der Waals surface area contributed by atoms with Crippen molar-refractivity contribution in [2.24, 2.45) is 0 Å². The number of nitro groups is 1. The Bertz CT molecular complexity index is 632. The smallest absolute Gasteiger partial charge is 0.283 e. The molecule has 2 aromatic carbocycles. The van der Waals surface area contributed by atoms with Gasteiger partial charge in [0.1, 0.15) is 0 Å². The number of anilines is 1. The van der Waals surface area contributed by atoms with Gasteiger partial charge >= 0.3 is 0 Å². The Kier molecular flexibility index (Phi) is 4.62. The number of nitro benzene ring substituents is 1. The third kappa shape index (κ3) is 3.49. The van der Waals surface area contributed by atoms with Gasteiger partial charge in [-0.05, 0) is 52.7 Å². The zero-order chi connectivity index (χ0) is 14.7. The second-order valence-electron chi connectivity index (χ2n) is 4.34. The molecule has 2 aromatic rings. The molecular weight excluding hydrogens is 344 g/mol. The van der Waals surface area contributed by atoms with E-state index in [-0.39, 0.29) is 11.7 Å². The van der Waals surface area contributed by atoms with Gasteiger partial charge in [0, 0.05) is 22.8 Å². The van der Waals surface area contributed by atoms with Gasteiger partial charge in [0.15, 0.2) is 0 Å². The van der Waals surface area contributed by atoms with E-state index in [1.54, 1.807) is 12.1 Å². The Balaban J connectivity index is 2.15. The Morgan fingerprint density at radius 2 is 1.90 bits per heavy atom. The molecule has 0 heterocycles. The van der Waals surface area contributed by atoms with Crippen molar-refractivity contribution < 1.29 is 4.92 Å². The van der Waals surface area contributed by atoms with Crippen LogP contribution in [0.3, 0.4) is 0 Å². The van der Waals surface area contributed by atoms with Crippen LogP contribution in [0.1, 0.15) is 18.5 Å². The Morgan fingerprint density at radius 3 is 2.45 bits per heavy atom. The molecule has 6 heteroatoms. The zero-order valence-electron chi connectivity index (χ0n) is 10.6. The summed E-state index contributed by atoms with van der Waals surface area (Å²) in [7, 11) is 0. The summed E-state index contributed by atoms with van der Waals surface area (Å²) in [6, 6.07) is 12.5. The van der Waals surface area contributed by atoms with Crippen molar-refractivity contribution in [3.05, 3.63) is 67.6 Å². The Labute approximate surface area is 130 Å². The highest BCUT2D eigenvalue weighted by Gasteiger charge is 2.13. The molecule has 0 radical (unpaired) electrons. The van der Waals surface area contributed by atoms with Gasteiger partial charge in [0.2, 0.25) is 0 Å². The lowest BCUT2D eigenvalue weighted by Gasteiger charge is -2.16. The van der Waals surface area contributed by atoms with Gasteiger partial charge in [-0.25, -0.2) is 0 Å². The van der Waals surface area contributed by atoms with Gasteiger partial charge in [0.05, 0.1) is 9.40 Å². The van der Waals surface area contributed by atoms with Gasteiger partial charge in [0.25, 0.3) is 5.69 Å². The highest BCUT2D eigenvalue weighted by atomic mass is 79.9. The largest absolute Gasteiger partial charge is 0.378 e. The van der Waals surface area contributed by atoms with E-state index in [0.717, 1.165) is 11.3 Å². The van der Waals surface area contributed by atoms with E-state index >= 15 is 0 Å². The topological polar surface area (TPSA) is 55.2 Å². The van der Waals surface area contributed by atoms with Crippen LogP contribution in [0.5, 0.6) is 0 Å². The molecule has 20 heavy (non-hydrogen) atoms. The predicted octanol–water partition coefficient (Wildman–Crippen LogP) is 5.18. The molecular formula is C14H12BrClN2O2. The molecule has 104 valence electrons. The summed E-state index contributed by atoms with van der Waals surface area (Å²) in [4.78, 5) is 10.3. The molecule has 0 saturated carbocycles. The molecule has 4 nitrogen and oxygen atoms in total. The Hall–Kier alpha value is -1.59. The number of nitrogens with zero attached hydrogens (tertiary/aromatic N) is 1. The molecule has 1 unspecified atom stereocenters. The summed E-state index contributed by atoms with van der Waals surface area (Å²) in [5, 5.41) is 14.7. The monoisotopic (exact) mass is 354 g/mol. The SMILES string of the molecule is CC(Nc1ccc([N+](=O)[O-])c(Br)c1)c1ccc(Cl)cc1. The second kappa shape index (κ2) is 6.24. The standard InChI is InChI=1S/C14H12BrClN2O2/c1-9(10-2-4-11(16)5-3-10)17-12-6-7-14(18(19)20)13(15)8-12/h2-9,17H,1H3.